The fraction of sp³-hybridized carbons (Fsp3) is 0.588. The summed E-state index contributed by atoms with van der Waals surface area (Å²) in [6.07, 6.45) is 1.07. The van der Waals surface area contributed by atoms with Crippen molar-refractivity contribution in [1.82, 2.24) is 10.6 Å². The number of hydrogen-bond acceptors (Lipinski definition) is 4. The molecule has 0 radical (unpaired) electrons. The van der Waals surface area contributed by atoms with E-state index in [1.165, 1.54) is 0 Å². The van der Waals surface area contributed by atoms with E-state index in [1.54, 1.807) is 0 Å². The lowest BCUT2D eigenvalue weighted by molar-refractivity contribution is -0.123. The number of benzene rings is 1. The zero-order valence-electron chi connectivity index (χ0n) is 14.5. The van der Waals surface area contributed by atoms with E-state index in [0.717, 1.165) is 5.56 Å². The first-order valence-corrected chi connectivity index (χ1v) is 8.26. The van der Waals surface area contributed by atoms with Gasteiger partial charge in [0.05, 0.1) is 12.0 Å². The van der Waals surface area contributed by atoms with E-state index in [-0.39, 0.29) is 17.9 Å². The van der Waals surface area contributed by atoms with Gasteiger partial charge in [-0.3, -0.25) is 4.79 Å². The first kappa shape index (κ1) is 19.7. The molecular weight excluding hydrogens is 291 g/mol. The van der Waals surface area contributed by atoms with Gasteiger partial charge >= 0.3 is 7.12 Å². The van der Waals surface area contributed by atoms with E-state index in [1.807, 2.05) is 58.0 Å². The van der Waals surface area contributed by atoms with Crippen LogP contribution in [0.2, 0.25) is 0 Å². The van der Waals surface area contributed by atoms with Gasteiger partial charge in [-0.05, 0) is 24.3 Å². The minimum absolute atomic E-state index is 0.150. The van der Waals surface area contributed by atoms with Crippen molar-refractivity contribution < 1.29 is 14.8 Å². The number of hydrogen-bond donors (Lipinski definition) is 4. The van der Waals surface area contributed by atoms with E-state index in [9.17, 15) is 14.8 Å². The van der Waals surface area contributed by atoms with Gasteiger partial charge in [0.1, 0.15) is 0 Å². The topological polar surface area (TPSA) is 81.6 Å². The Kier molecular flexibility index (Phi) is 8.30. The molecule has 2 unspecified atom stereocenters. The van der Waals surface area contributed by atoms with Crippen LogP contribution < -0.4 is 10.6 Å². The normalized spacial score (nSPS) is 13.9. The zero-order valence-corrected chi connectivity index (χ0v) is 14.5. The number of amides is 1. The molecule has 128 valence electrons. The van der Waals surface area contributed by atoms with Crippen molar-refractivity contribution in [2.45, 2.75) is 58.6 Å². The van der Waals surface area contributed by atoms with E-state index in [2.05, 4.69) is 10.6 Å². The summed E-state index contributed by atoms with van der Waals surface area (Å²) in [7, 11) is -1.56. The monoisotopic (exact) mass is 320 g/mol. The Morgan fingerprint density at radius 3 is 2.22 bits per heavy atom. The van der Waals surface area contributed by atoms with Crippen molar-refractivity contribution in [3.8, 4) is 0 Å². The lowest BCUT2D eigenvalue weighted by atomic mass is 9.75. The third-order valence-electron chi connectivity index (χ3n) is 3.55. The number of nitrogens with one attached hydrogen (secondary N) is 2. The summed E-state index contributed by atoms with van der Waals surface area (Å²) < 4.78 is 0. The molecule has 0 saturated heterocycles. The van der Waals surface area contributed by atoms with Crippen LogP contribution in [0.1, 0.15) is 39.7 Å². The van der Waals surface area contributed by atoms with Gasteiger partial charge < -0.3 is 20.7 Å². The predicted molar refractivity (Wildman–Crippen MR) is 93.8 cm³/mol. The first-order valence-electron chi connectivity index (χ1n) is 8.26. The molecule has 1 amide bonds. The fourth-order valence-corrected chi connectivity index (χ4v) is 2.53. The van der Waals surface area contributed by atoms with Crippen LogP contribution in [-0.2, 0) is 11.2 Å². The highest BCUT2D eigenvalue weighted by Gasteiger charge is 2.29. The quantitative estimate of drug-likeness (QED) is 0.514. The molecular formula is C17H29BN2O3. The summed E-state index contributed by atoms with van der Waals surface area (Å²) in [5, 5.41) is 25.0. The van der Waals surface area contributed by atoms with Crippen molar-refractivity contribution in [3.63, 3.8) is 0 Å². The Morgan fingerprint density at radius 2 is 1.74 bits per heavy atom. The lowest BCUT2D eigenvalue weighted by Crippen LogP contribution is -2.55. The molecule has 6 heteroatoms. The van der Waals surface area contributed by atoms with Gasteiger partial charge in [-0.2, -0.15) is 0 Å². The molecule has 1 aromatic carbocycles. The van der Waals surface area contributed by atoms with E-state index < -0.39 is 19.1 Å². The highest BCUT2D eigenvalue weighted by atomic mass is 16.4. The van der Waals surface area contributed by atoms with E-state index >= 15 is 0 Å². The van der Waals surface area contributed by atoms with Gasteiger partial charge in [-0.15, -0.1) is 0 Å². The molecule has 23 heavy (non-hydrogen) atoms. The first-order chi connectivity index (χ1) is 10.8. The number of carbonyl (C=O) groups excluding carboxylic acids is 1. The van der Waals surface area contributed by atoms with E-state index in [4.69, 9.17) is 0 Å². The van der Waals surface area contributed by atoms with Crippen LogP contribution in [0.3, 0.4) is 0 Å². The summed E-state index contributed by atoms with van der Waals surface area (Å²) in [5.41, 5.74) is 1.06. The van der Waals surface area contributed by atoms with Gasteiger partial charge in [0.15, 0.2) is 0 Å². The molecule has 0 spiro atoms. The third kappa shape index (κ3) is 7.64. The summed E-state index contributed by atoms with van der Waals surface area (Å²) in [5.74, 6) is -0.608. The van der Waals surface area contributed by atoms with Crippen LogP contribution in [-0.4, -0.2) is 41.1 Å². The number of rotatable bonds is 9. The maximum absolute atomic E-state index is 12.6. The Bertz CT molecular complexity index is 466. The molecule has 1 aromatic rings. The minimum atomic E-state index is -1.56. The molecule has 0 saturated carbocycles. The lowest BCUT2D eigenvalue weighted by Gasteiger charge is -2.25. The molecule has 0 aliphatic carbocycles. The van der Waals surface area contributed by atoms with Crippen LogP contribution in [0.25, 0.3) is 0 Å². The maximum Gasteiger partial charge on any atom is 0.475 e. The molecule has 0 aliphatic rings. The Morgan fingerprint density at radius 1 is 1.13 bits per heavy atom. The van der Waals surface area contributed by atoms with Crippen molar-refractivity contribution in [3.05, 3.63) is 35.9 Å². The van der Waals surface area contributed by atoms with Crippen LogP contribution in [0.5, 0.6) is 0 Å². The van der Waals surface area contributed by atoms with Gasteiger partial charge in [0.25, 0.3) is 0 Å². The zero-order chi connectivity index (χ0) is 17.4. The van der Waals surface area contributed by atoms with Crippen LogP contribution in [0, 0.1) is 5.92 Å². The van der Waals surface area contributed by atoms with Crippen LogP contribution >= 0.6 is 0 Å². The van der Waals surface area contributed by atoms with Crippen molar-refractivity contribution in [1.29, 1.82) is 0 Å². The average Bonchev–Trinajstić information content (AvgIpc) is 2.45. The van der Waals surface area contributed by atoms with Crippen LogP contribution in [0.4, 0.5) is 0 Å². The largest absolute Gasteiger partial charge is 0.475 e. The summed E-state index contributed by atoms with van der Waals surface area (Å²) in [6, 6.07) is 9.53. The van der Waals surface area contributed by atoms with Crippen LogP contribution in [0.15, 0.2) is 30.3 Å². The third-order valence-corrected chi connectivity index (χ3v) is 3.55. The maximum atomic E-state index is 12.6. The second kappa shape index (κ2) is 9.70. The van der Waals surface area contributed by atoms with Gasteiger partial charge in [0, 0.05) is 6.04 Å². The predicted octanol–water partition coefficient (Wildman–Crippen LogP) is 1.14. The molecule has 0 fully saturated rings. The standard InChI is InChI=1S/C17H29BN2O3/c1-12(2)10-16(18(22)23)20-17(21)15(19-13(3)4)11-14-8-6-5-7-9-14/h5-9,12-13,15-16,19,22-23H,10-11H2,1-4H3,(H,20,21). The SMILES string of the molecule is CC(C)CC(NC(=O)C(Cc1ccccc1)NC(C)C)B(O)O. The Labute approximate surface area is 139 Å². The summed E-state index contributed by atoms with van der Waals surface area (Å²) >= 11 is 0. The fourth-order valence-electron chi connectivity index (χ4n) is 2.53. The molecule has 1 rings (SSSR count). The molecule has 2 atom stereocenters. The smallest absolute Gasteiger partial charge is 0.426 e. The van der Waals surface area contributed by atoms with Crippen molar-refractivity contribution in [2.24, 2.45) is 5.92 Å². The van der Waals surface area contributed by atoms with Crippen molar-refractivity contribution >= 4 is 13.0 Å². The minimum Gasteiger partial charge on any atom is -0.426 e. The average molecular weight is 320 g/mol. The molecule has 0 heterocycles. The molecule has 0 aliphatic heterocycles. The molecule has 4 N–H and O–H groups in total. The molecule has 0 bridgehead atoms. The molecule has 0 aromatic heterocycles. The Hall–Kier alpha value is -1.37. The Balaban J connectivity index is 2.78. The van der Waals surface area contributed by atoms with E-state index in [0.29, 0.717) is 12.8 Å². The summed E-state index contributed by atoms with van der Waals surface area (Å²) in [4.78, 5) is 12.6. The second-order valence-corrected chi connectivity index (χ2v) is 6.72. The highest BCUT2D eigenvalue weighted by molar-refractivity contribution is 6.43. The van der Waals surface area contributed by atoms with Crippen molar-refractivity contribution in [2.75, 3.05) is 0 Å². The number of carbonyl (C=O) groups is 1. The summed E-state index contributed by atoms with van der Waals surface area (Å²) in [6.45, 7) is 7.93. The second-order valence-electron chi connectivity index (χ2n) is 6.72. The van der Waals surface area contributed by atoms with Gasteiger partial charge in [-0.25, -0.2) is 0 Å². The van der Waals surface area contributed by atoms with Gasteiger partial charge in [0.2, 0.25) is 5.91 Å². The molecule has 5 nitrogen and oxygen atoms in total. The van der Waals surface area contributed by atoms with Gasteiger partial charge in [-0.1, -0.05) is 58.0 Å². The highest BCUT2D eigenvalue weighted by Crippen LogP contribution is 2.08.